The summed E-state index contributed by atoms with van der Waals surface area (Å²) in [5, 5.41) is 3.06. The highest BCUT2D eigenvalue weighted by Gasteiger charge is 2.13. The minimum atomic E-state index is -0.149. The van der Waals surface area contributed by atoms with Crippen LogP contribution in [0.5, 0.6) is 0 Å². The summed E-state index contributed by atoms with van der Waals surface area (Å²) < 4.78 is 3.55. The molecule has 0 saturated heterocycles. The van der Waals surface area contributed by atoms with Crippen LogP contribution in [-0.2, 0) is 13.0 Å². The van der Waals surface area contributed by atoms with Crippen LogP contribution in [0, 0.1) is 6.92 Å². The lowest BCUT2D eigenvalue weighted by Crippen LogP contribution is -2.24. The Morgan fingerprint density at radius 2 is 1.76 bits per heavy atom. The van der Waals surface area contributed by atoms with Gasteiger partial charge in [-0.1, -0.05) is 37.3 Å². The van der Waals surface area contributed by atoms with Crippen molar-refractivity contribution in [3.8, 4) is 0 Å². The molecule has 5 rings (SSSR count). The normalized spacial score (nSPS) is 11.2. The van der Waals surface area contributed by atoms with Crippen LogP contribution in [0.4, 0.5) is 5.69 Å². The topological polar surface area (TPSA) is 68.4 Å². The summed E-state index contributed by atoms with van der Waals surface area (Å²) in [5.41, 5.74) is 6.52. The molecule has 3 aromatic heterocycles. The first-order chi connectivity index (χ1) is 16.1. The maximum Gasteiger partial charge on any atom is 0.276 e. The number of nitrogens with zero attached hydrogens (tertiary/aromatic N) is 3. The minimum Gasteiger partial charge on any atom is -0.321 e. The lowest BCUT2D eigenvalue weighted by molar-refractivity contribution is 0.102. The fraction of sp³-hybridized carbons (Fsp3) is 0.148. The second kappa shape index (κ2) is 8.39. The Hall–Kier alpha value is -4.19. The van der Waals surface area contributed by atoms with E-state index in [9.17, 15) is 9.59 Å². The second-order valence-electron chi connectivity index (χ2n) is 8.11. The molecule has 6 nitrogen and oxygen atoms in total. The molecule has 0 spiro atoms. The number of para-hydroxylation sites is 1. The zero-order chi connectivity index (χ0) is 22.9. The highest BCUT2D eigenvalue weighted by Crippen LogP contribution is 2.22. The van der Waals surface area contributed by atoms with Crippen LogP contribution in [0.3, 0.4) is 0 Å². The van der Waals surface area contributed by atoms with Crippen molar-refractivity contribution in [2.45, 2.75) is 26.8 Å². The number of fused-ring (bicyclic) bond motifs is 3. The van der Waals surface area contributed by atoms with Gasteiger partial charge in [0, 0.05) is 23.6 Å². The molecule has 164 valence electrons. The van der Waals surface area contributed by atoms with Gasteiger partial charge in [0.1, 0.15) is 5.52 Å². The molecule has 6 heteroatoms. The van der Waals surface area contributed by atoms with E-state index in [1.54, 1.807) is 22.9 Å². The fourth-order valence-corrected chi connectivity index (χ4v) is 4.26. The number of aromatic nitrogens is 3. The molecule has 1 amide bonds. The van der Waals surface area contributed by atoms with Gasteiger partial charge in [0.25, 0.3) is 11.5 Å². The van der Waals surface area contributed by atoms with E-state index in [1.165, 1.54) is 0 Å². The summed E-state index contributed by atoms with van der Waals surface area (Å²) in [5.74, 6) is -0.149. The number of pyridine rings is 1. The lowest BCUT2D eigenvalue weighted by Gasteiger charge is -2.14. The Morgan fingerprint density at radius 1 is 0.970 bits per heavy atom. The van der Waals surface area contributed by atoms with Gasteiger partial charge < -0.3 is 9.72 Å². The van der Waals surface area contributed by atoms with Crippen molar-refractivity contribution in [3.63, 3.8) is 0 Å². The monoisotopic (exact) mass is 436 g/mol. The van der Waals surface area contributed by atoms with Crippen molar-refractivity contribution in [3.05, 3.63) is 112 Å². The molecule has 0 saturated carbocycles. The van der Waals surface area contributed by atoms with E-state index in [0.29, 0.717) is 23.3 Å². The quantitative estimate of drug-likeness (QED) is 0.429. The van der Waals surface area contributed by atoms with Crippen molar-refractivity contribution < 1.29 is 4.79 Å². The number of amides is 1. The predicted molar refractivity (Wildman–Crippen MR) is 131 cm³/mol. The number of hydrogen-bond acceptors (Lipinski definition) is 3. The number of benzene rings is 2. The molecule has 1 N–H and O–H groups in total. The SMILES string of the molecule is CCc1cccc(C)c1NC(=O)c1ccc(Cn2c(=O)c3cccn3c3cccnc32)cc1. The Bertz CT molecular complexity index is 1540. The predicted octanol–water partition coefficient (Wildman–Crippen LogP) is 4.82. The zero-order valence-electron chi connectivity index (χ0n) is 18.6. The molecule has 0 unspecified atom stereocenters. The second-order valence-corrected chi connectivity index (χ2v) is 8.11. The molecule has 5 aromatic rings. The van der Waals surface area contributed by atoms with Crippen LogP contribution in [0.2, 0.25) is 0 Å². The number of carbonyl (C=O) groups excluding carboxylic acids is 1. The first kappa shape index (κ1) is 20.7. The summed E-state index contributed by atoms with van der Waals surface area (Å²) in [6.07, 6.45) is 4.41. The molecule has 0 bridgehead atoms. The largest absolute Gasteiger partial charge is 0.321 e. The summed E-state index contributed by atoms with van der Waals surface area (Å²) in [6.45, 7) is 4.44. The molecule has 0 radical (unpaired) electrons. The van der Waals surface area contributed by atoms with Gasteiger partial charge in [-0.05, 0) is 66.4 Å². The molecule has 33 heavy (non-hydrogen) atoms. The Labute approximate surface area is 191 Å². The van der Waals surface area contributed by atoms with Crippen molar-refractivity contribution in [2.75, 3.05) is 5.32 Å². The van der Waals surface area contributed by atoms with E-state index in [1.807, 2.05) is 72.1 Å². The van der Waals surface area contributed by atoms with Crippen LogP contribution < -0.4 is 10.9 Å². The van der Waals surface area contributed by atoms with Gasteiger partial charge in [0.2, 0.25) is 0 Å². The van der Waals surface area contributed by atoms with Crippen molar-refractivity contribution in [1.29, 1.82) is 0 Å². The van der Waals surface area contributed by atoms with Gasteiger partial charge in [-0.15, -0.1) is 0 Å². The maximum absolute atomic E-state index is 13.1. The van der Waals surface area contributed by atoms with Gasteiger partial charge in [-0.25, -0.2) is 4.98 Å². The standard InChI is InChI=1S/C27H24N4O2/c1-3-20-8-4-7-18(2)24(20)29-26(32)21-13-11-19(12-14-21)17-31-25-22(9-5-15-28-25)30-16-6-10-23(30)27(31)33/h4-16H,3,17H2,1-2H3,(H,29,32). The van der Waals surface area contributed by atoms with E-state index in [-0.39, 0.29) is 11.5 Å². The smallest absolute Gasteiger partial charge is 0.276 e. The van der Waals surface area contributed by atoms with Crippen LogP contribution in [0.15, 0.2) is 83.9 Å². The number of rotatable bonds is 5. The van der Waals surface area contributed by atoms with Crippen molar-refractivity contribution in [1.82, 2.24) is 14.0 Å². The highest BCUT2D eigenvalue weighted by atomic mass is 16.1. The van der Waals surface area contributed by atoms with E-state index in [4.69, 9.17) is 0 Å². The van der Waals surface area contributed by atoms with Gasteiger partial charge in [-0.2, -0.15) is 0 Å². The number of anilines is 1. The number of carbonyl (C=O) groups is 1. The average molecular weight is 437 g/mol. The summed E-state index contributed by atoms with van der Waals surface area (Å²) in [7, 11) is 0. The molecule has 0 aliphatic rings. The average Bonchev–Trinajstić information content (AvgIpc) is 3.34. The fourth-order valence-electron chi connectivity index (χ4n) is 4.26. The molecule has 0 aliphatic heterocycles. The van der Waals surface area contributed by atoms with Gasteiger partial charge >= 0.3 is 0 Å². The van der Waals surface area contributed by atoms with Crippen LogP contribution >= 0.6 is 0 Å². The van der Waals surface area contributed by atoms with Crippen LogP contribution in [-0.4, -0.2) is 19.9 Å². The highest BCUT2D eigenvalue weighted by molar-refractivity contribution is 6.05. The van der Waals surface area contributed by atoms with Crippen LogP contribution in [0.1, 0.15) is 34.0 Å². The molecular weight excluding hydrogens is 412 g/mol. The first-order valence-corrected chi connectivity index (χ1v) is 11.0. The molecule has 0 atom stereocenters. The van der Waals surface area contributed by atoms with Gasteiger partial charge in [0.15, 0.2) is 5.65 Å². The number of nitrogens with one attached hydrogen (secondary N) is 1. The van der Waals surface area contributed by atoms with E-state index >= 15 is 0 Å². The maximum atomic E-state index is 13.1. The molecule has 0 fully saturated rings. The summed E-state index contributed by atoms with van der Waals surface area (Å²) in [6, 6.07) is 20.9. The van der Waals surface area contributed by atoms with Crippen LogP contribution in [0.25, 0.3) is 16.7 Å². The third-order valence-corrected chi connectivity index (χ3v) is 6.03. The van der Waals surface area contributed by atoms with Gasteiger partial charge in [0.05, 0.1) is 12.1 Å². The minimum absolute atomic E-state index is 0.0975. The Kier molecular flexibility index (Phi) is 5.26. The molecular formula is C27H24N4O2. The molecule has 2 aromatic carbocycles. The Morgan fingerprint density at radius 3 is 2.55 bits per heavy atom. The Balaban J connectivity index is 1.44. The third-order valence-electron chi connectivity index (χ3n) is 6.03. The zero-order valence-corrected chi connectivity index (χ0v) is 18.6. The van der Waals surface area contributed by atoms with Gasteiger partial charge in [-0.3, -0.25) is 14.2 Å². The summed E-state index contributed by atoms with van der Waals surface area (Å²) in [4.78, 5) is 30.5. The van der Waals surface area contributed by atoms with Crippen molar-refractivity contribution >= 4 is 28.3 Å². The van der Waals surface area contributed by atoms with E-state index < -0.39 is 0 Å². The molecule has 0 aliphatic carbocycles. The first-order valence-electron chi connectivity index (χ1n) is 11.0. The van der Waals surface area contributed by atoms with E-state index in [2.05, 4.69) is 17.2 Å². The number of hydrogen-bond donors (Lipinski definition) is 1. The lowest BCUT2D eigenvalue weighted by atomic mass is 10.0. The van der Waals surface area contributed by atoms with Crippen molar-refractivity contribution in [2.24, 2.45) is 0 Å². The van der Waals surface area contributed by atoms with E-state index in [0.717, 1.165) is 34.3 Å². The number of aryl methyl sites for hydroxylation is 2. The summed E-state index contributed by atoms with van der Waals surface area (Å²) >= 11 is 0. The molecule has 3 heterocycles. The third kappa shape index (κ3) is 3.69.